The summed E-state index contributed by atoms with van der Waals surface area (Å²) in [5.74, 6) is -1.17. The smallest absolute Gasteiger partial charge is 0.306 e. The van der Waals surface area contributed by atoms with Crippen molar-refractivity contribution in [1.29, 1.82) is 0 Å². The number of fused-ring (bicyclic) bond motifs is 4. The van der Waals surface area contributed by atoms with Gasteiger partial charge < -0.3 is 33.7 Å². The normalized spacial score (nSPS) is 34.5. The van der Waals surface area contributed by atoms with Crippen molar-refractivity contribution >= 4 is 11.9 Å². The Kier molecular flexibility index (Phi) is 6.79. The minimum absolute atomic E-state index is 0.181. The highest BCUT2D eigenvalue weighted by molar-refractivity contribution is 5.73. The molecule has 3 aliphatic rings. The Balaban J connectivity index is 1.50. The molecule has 3 heterocycles. The monoisotopic (exact) mass is 429 g/mol. The minimum Gasteiger partial charge on any atom is -0.460 e. The second-order valence-corrected chi connectivity index (χ2v) is 9.71. The van der Waals surface area contributed by atoms with Gasteiger partial charge in [-0.2, -0.15) is 0 Å². The largest absolute Gasteiger partial charge is 0.460 e. The molecule has 172 valence electrons. The lowest BCUT2D eigenvalue weighted by Crippen LogP contribution is -2.65. The molecular formula is C21H35NO8. The van der Waals surface area contributed by atoms with Crippen LogP contribution in [0.25, 0.3) is 0 Å². The van der Waals surface area contributed by atoms with Crippen molar-refractivity contribution in [2.75, 3.05) is 19.8 Å². The first-order valence-electron chi connectivity index (χ1n) is 10.6. The van der Waals surface area contributed by atoms with Crippen LogP contribution in [0, 0.1) is 0 Å². The van der Waals surface area contributed by atoms with Gasteiger partial charge in [0, 0.05) is 20.0 Å². The van der Waals surface area contributed by atoms with Crippen LogP contribution in [0.2, 0.25) is 0 Å². The summed E-state index contributed by atoms with van der Waals surface area (Å²) in [4.78, 5) is 23.4. The molecule has 0 spiro atoms. The first-order chi connectivity index (χ1) is 13.9. The quantitative estimate of drug-likeness (QED) is 0.459. The number of ether oxygens (including phenoxy) is 6. The van der Waals surface area contributed by atoms with Crippen LogP contribution in [0.4, 0.5) is 0 Å². The Hall–Kier alpha value is -1.26. The molecule has 1 amide bonds. The van der Waals surface area contributed by atoms with Gasteiger partial charge in [0.25, 0.3) is 0 Å². The Labute approximate surface area is 178 Å². The predicted octanol–water partition coefficient (Wildman–Crippen LogP) is 1.67. The molecule has 3 rings (SSSR count). The van der Waals surface area contributed by atoms with Crippen molar-refractivity contribution in [1.82, 2.24) is 5.32 Å². The van der Waals surface area contributed by atoms with Gasteiger partial charge >= 0.3 is 5.97 Å². The number of nitrogens with one attached hydrogen (secondary N) is 1. The van der Waals surface area contributed by atoms with E-state index < -0.39 is 35.4 Å². The molecule has 1 N–H and O–H groups in total. The zero-order valence-corrected chi connectivity index (χ0v) is 18.8. The van der Waals surface area contributed by atoms with E-state index in [1.807, 2.05) is 34.6 Å². The van der Waals surface area contributed by atoms with E-state index >= 15 is 0 Å². The fourth-order valence-electron chi connectivity index (χ4n) is 4.12. The third-order valence-corrected chi connectivity index (χ3v) is 5.19. The van der Waals surface area contributed by atoms with Gasteiger partial charge in [-0.05, 0) is 47.5 Å². The third-order valence-electron chi connectivity index (χ3n) is 5.19. The molecule has 9 heteroatoms. The second kappa shape index (κ2) is 8.70. The van der Waals surface area contributed by atoms with Crippen LogP contribution < -0.4 is 5.32 Å². The maximum atomic E-state index is 11.8. The van der Waals surface area contributed by atoms with Gasteiger partial charge in [-0.1, -0.05) is 0 Å². The summed E-state index contributed by atoms with van der Waals surface area (Å²) < 4.78 is 35.4. The minimum atomic E-state index is -0.791. The Morgan fingerprint density at radius 3 is 2.53 bits per heavy atom. The lowest BCUT2D eigenvalue weighted by atomic mass is 9.88. The standard InChI is InChI=1S/C21H35NO8/c1-13(23)22-15-16-17(29-20(5,6)28-16)21(12-26-18(15)30-21)11-25-10-8-7-9-14(24)27-19(2,3)4/h15-18H,7-12H2,1-6H3,(H,22,23)/t15?,16-,17-,18+,21+/m1/s1. The highest BCUT2D eigenvalue weighted by Gasteiger charge is 2.66. The average molecular weight is 430 g/mol. The zero-order valence-electron chi connectivity index (χ0n) is 18.8. The number of hydrogen-bond acceptors (Lipinski definition) is 8. The molecule has 3 aliphatic heterocycles. The average Bonchev–Trinajstić information content (AvgIpc) is 3.13. The third kappa shape index (κ3) is 5.50. The van der Waals surface area contributed by atoms with Gasteiger partial charge in [-0.25, -0.2) is 0 Å². The number of unbranched alkanes of at least 4 members (excludes halogenated alkanes) is 1. The number of hydrogen-bond donors (Lipinski definition) is 1. The van der Waals surface area contributed by atoms with Crippen LogP contribution in [0.1, 0.15) is 60.8 Å². The molecule has 3 fully saturated rings. The zero-order chi connectivity index (χ0) is 22.2. The summed E-state index contributed by atoms with van der Waals surface area (Å²) in [7, 11) is 0. The number of carbonyl (C=O) groups excluding carboxylic acids is 2. The molecule has 1 unspecified atom stereocenters. The molecular weight excluding hydrogens is 394 g/mol. The molecule has 0 aromatic rings. The van der Waals surface area contributed by atoms with Crippen LogP contribution in [-0.4, -0.2) is 73.2 Å². The maximum absolute atomic E-state index is 11.8. The van der Waals surface area contributed by atoms with Gasteiger partial charge in [-0.3, -0.25) is 9.59 Å². The van der Waals surface area contributed by atoms with Crippen LogP contribution >= 0.6 is 0 Å². The number of rotatable bonds is 8. The van der Waals surface area contributed by atoms with Crippen LogP contribution in [-0.2, 0) is 38.0 Å². The summed E-state index contributed by atoms with van der Waals surface area (Å²) in [6, 6.07) is -0.446. The van der Waals surface area contributed by atoms with E-state index in [1.165, 1.54) is 6.92 Å². The van der Waals surface area contributed by atoms with Crippen molar-refractivity contribution in [2.24, 2.45) is 0 Å². The van der Waals surface area contributed by atoms with Crippen molar-refractivity contribution in [3.05, 3.63) is 0 Å². The molecule has 0 aromatic carbocycles. The Morgan fingerprint density at radius 1 is 1.13 bits per heavy atom. The van der Waals surface area contributed by atoms with Gasteiger partial charge in [0.2, 0.25) is 5.91 Å². The first-order valence-corrected chi connectivity index (χ1v) is 10.6. The fraction of sp³-hybridized carbons (Fsp3) is 0.905. The van der Waals surface area contributed by atoms with E-state index in [1.54, 1.807) is 0 Å². The molecule has 0 aliphatic carbocycles. The topological polar surface area (TPSA) is 102 Å². The predicted molar refractivity (Wildman–Crippen MR) is 106 cm³/mol. The van der Waals surface area contributed by atoms with E-state index in [2.05, 4.69) is 5.32 Å². The van der Waals surface area contributed by atoms with E-state index in [0.29, 0.717) is 26.1 Å². The molecule has 0 radical (unpaired) electrons. The SMILES string of the molecule is CC(=O)NC1[C@H]2OC[C@](COCCCCC(=O)OC(C)(C)C)(O2)[C@@H]2OC(C)(C)O[C@H]12. The summed E-state index contributed by atoms with van der Waals surface area (Å²) in [6.45, 7) is 11.8. The van der Waals surface area contributed by atoms with Gasteiger partial charge in [0.05, 0.1) is 13.2 Å². The molecule has 5 atom stereocenters. The molecule has 9 nitrogen and oxygen atoms in total. The van der Waals surface area contributed by atoms with Crippen molar-refractivity contribution < 1.29 is 38.0 Å². The summed E-state index contributed by atoms with van der Waals surface area (Å²) in [6.07, 6.45) is 0.354. The number of esters is 1. The molecule has 2 bridgehead atoms. The number of amides is 1. The van der Waals surface area contributed by atoms with E-state index in [-0.39, 0.29) is 24.6 Å². The summed E-state index contributed by atoms with van der Waals surface area (Å²) in [5, 5.41) is 2.87. The Morgan fingerprint density at radius 2 is 1.87 bits per heavy atom. The molecule has 30 heavy (non-hydrogen) atoms. The highest BCUT2D eigenvalue weighted by Crippen LogP contribution is 2.46. The lowest BCUT2D eigenvalue weighted by Gasteiger charge is -2.42. The van der Waals surface area contributed by atoms with Crippen LogP contribution in [0.5, 0.6) is 0 Å². The van der Waals surface area contributed by atoms with Gasteiger partial charge in [0.15, 0.2) is 12.1 Å². The van der Waals surface area contributed by atoms with Crippen molar-refractivity contribution in [3.63, 3.8) is 0 Å². The van der Waals surface area contributed by atoms with E-state index in [4.69, 9.17) is 28.4 Å². The van der Waals surface area contributed by atoms with E-state index in [0.717, 1.165) is 6.42 Å². The highest BCUT2D eigenvalue weighted by atomic mass is 16.8. The summed E-state index contributed by atoms with van der Waals surface area (Å²) >= 11 is 0. The van der Waals surface area contributed by atoms with Crippen LogP contribution in [0.3, 0.4) is 0 Å². The van der Waals surface area contributed by atoms with Gasteiger partial charge in [0.1, 0.15) is 29.5 Å². The van der Waals surface area contributed by atoms with Crippen LogP contribution in [0.15, 0.2) is 0 Å². The van der Waals surface area contributed by atoms with Gasteiger partial charge in [-0.15, -0.1) is 0 Å². The second-order valence-electron chi connectivity index (χ2n) is 9.71. The van der Waals surface area contributed by atoms with E-state index in [9.17, 15) is 9.59 Å². The number of carbonyl (C=O) groups is 2. The summed E-state index contributed by atoms with van der Waals surface area (Å²) in [5.41, 5.74) is -1.25. The van der Waals surface area contributed by atoms with Crippen molar-refractivity contribution in [2.45, 2.75) is 102 Å². The van der Waals surface area contributed by atoms with Crippen molar-refractivity contribution in [3.8, 4) is 0 Å². The lowest BCUT2D eigenvalue weighted by molar-refractivity contribution is -0.213. The molecule has 0 aromatic heterocycles. The first kappa shape index (κ1) is 23.4. The molecule has 3 saturated heterocycles. The Bertz CT molecular complexity index is 645. The fourth-order valence-corrected chi connectivity index (χ4v) is 4.12. The molecule has 0 saturated carbocycles. The maximum Gasteiger partial charge on any atom is 0.306 e.